The van der Waals surface area contributed by atoms with Crippen LogP contribution in [-0.2, 0) is 6.42 Å². The molecule has 0 atom stereocenters. The Balaban J connectivity index is 0.00000127. The van der Waals surface area contributed by atoms with Crippen LogP contribution in [-0.4, -0.2) is 15.9 Å². The minimum atomic E-state index is -0.145. The minimum Gasteiger partial charge on any atom is -0.324 e. The number of anilines is 3. The van der Waals surface area contributed by atoms with E-state index in [0.29, 0.717) is 17.2 Å². The van der Waals surface area contributed by atoms with E-state index in [2.05, 4.69) is 48.0 Å². The summed E-state index contributed by atoms with van der Waals surface area (Å²) in [6.07, 6.45) is 13.3. The van der Waals surface area contributed by atoms with Gasteiger partial charge in [0.15, 0.2) is 0 Å². The molecule has 0 aliphatic rings. The molecule has 5 heteroatoms. The fraction of sp³-hybridized carbons (Fsp3) is 0.281. The van der Waals surface area contributed by atoms with Gasteiger partial charge in [0.2, 0.25) is 5.95 Å². The van der Waals surface area contributed by atoms with Crippen LogP contribution in [0.4, 0.5) is 17.3 Å². The van der Waals surface area contributed by atoms with Crippen molar-refractivity contribution >= 4 is 28.8 Å². The third kappa shape index (κ3) is 10.3. The summed E-state index contributed by atoms with van der Waals surface area (Å²) in [4.78, 5) is 21.4. The van der Waals surface area contributed by atoms with Gasteiger partial charge in [0, 0.05) is 34.9 Å². The molecule has 196 valence electrons. The SMILES string of the molecule is C=C/C(=C\C=C/C)c1cnc(Nc2cc(NC(=O)c3ccc(CC)cc3)ccc2C)nc1.CC.CCC. The molecule has 0 saturated heterocycles. The Bertz CT molecular complexity index is 1160. The highest BCUT2D eigenvalue weighted by Gasteiger charge is 2.09. The summed E-state index contributed by atoms with van der Waals surface area (Å²) >= 11 is 0. The highest BCUT2D eigenvalue weighted by molar-refractivity contribution is 6.04. The van der Waals surface area contributed by atoms with Crippen LogP contribution in [0.1, 0.15) is 75.0 Å². The third-order valence-electron chi connectivity index (χ3n) is 5.04. The van der Waals surface area contributed by atoms with E-state index >= 15 is 0 Å². The summed E-state index contributed by atoms with van der Waals surface area (Å²) in [7, 11) is 0. The van der Waals surface area contributed by atoms with Gasteiger partial charge in [0.1, 0.15) is 0 Å². The first-order chi connectivity index (χ1) is 17.9. The van der Waals surface area contributed by atoms with E-state index in [1.165, 1.54) is 12.0 Å². The highest BCUT2D eigenvalue weighted by Crippen LogP contribution is 2.24. The Labute approximate surface area is 223 Å². The molecule has 5 nitrogen and oxygen atoms in total. The van der Waals surface area contributed by atoms with E-state index in [9.17, 15) is 4.79 Å². The maximum absolute atomic E-state index is 12.6. The molecule has 3 rings (SSSR count). The number of carbonyl (C=O) groups is 1. The maximum Gasteiger partial charge on any atom is 0.255 e. The topological polar surface area (TPSA) is 66.9 Å². The Morgan fingerprint density at radius 3 is 2.14 bits per heavy atom. The van der Waals surface area contributed by atoms with Crippen molar-refractivity contribution in [3.05, 3.63) is 108 Å². The number of allylic oxidation sites excluding steroid dienone is 5. The van der Waals surface area contributed by atoms with Gasteiger partial charge >= 0.3 is 0 Å². The number of nitrogens with zero attached hydrogens (tertiary/aromatic N) is 2. The number of amides is 1. The zero-order valence-electron chi connectivity index (χ0n) is 23.4. The van der Waals surface area contributed by atoms with Gasteiger partial charge in [-0.1, -0.05) is 90.1 Å². The zero-order chi connectivity index (χ0) is 27.6. The lowest BCUT2D eigenvalue weighted by Crippen LogP contribution is -2.12. The number of aryl methyl sites for hydroxylation is 2. The second-order valence-electron chi connectivity index (χ2n) is 8.01. The quantitative estimate of drug-likeness (QED) is 0.304. The fourth-order valence-electron chi connectivity index (χ4n) is 3.07. The van der Waals surface area contributed by atoms with E-state index in [1.54, 1.807) is 18.5 Å². The number of benzene rings is 2. The zero-order valence-corrected chi connectivity index (χ0v) is 23.4. The van der Waals surface area contributed by atoms with E-state index in [-0.39, 0.29) is 5.91 Å². The molecule has 0 unspecified atom stereocenters. The monoisotopic (exact) mass is 498 g/mol. The van der Waals surface area contributed by atoms with Crippen LogP contribution in [0.5, 0.6) is 0 Å². The Hall–Kier alpha value is -3.99. The van der Waals surface area contributed by atoms with Gasteiger partial charge in [-0.2, -0.15) is 0 Å². The Morgan fingerprint density at radius 1 is 0.973 bits per heavy atom. The normalized spacial score (nSPS) is 10.5. The summed E-state index contributed by atoms with van der Waals surface area (Å²) in [5.74, 6) is 0.331. The molecule has 0 aliphatic heterocycles. The lowest BCUT2D eigenvalue weighted by molar-refractivity contribution is 0.102. The summed E-state index contributed by atoms with van der Waals surface area (Å²) in [5.41, 5.74) is 6.20. The van der Waals surface area contributed by atoms with E-state index in [1.807, 2.05) is 88.4 Å². The molecule has 0 aliphatic carbocycles. The predicted molar refractivity (Wildman–Crippen MR) is 161 cm³/mol. The van der Waals surface area contributed by atoms with Crippen LogP contribution in [0.15, 0.2) is 85.7 Å². The summed E-state index contributed by atoms with van der Waals surface area (Å²) in [5, 5.41) is 6.19. The molecule has 2 aromatic carbocycles. The number of carbonyl (C=O) groups excluding carboxylic acids is 1. The molecule has 1 aromatic heterocycles. The molecule has 0 bridgehead atoms. The second-order valence-corrected chi connectivity index (χ2v) is 8.01. The first kappa shape index (κ1) is 31.0. The van der Waals surface area contributed by atoms with Gasteiger partial charge in [-0.15, -0.1) is 0 Å². The van der Waals surface area contributed by atoms with Crippen molar-refractivity contribution in [3.63, 3.8) is 0 Å². The Kier molecular flexibility index (Phi) is 14.6. The maximum atomic E-state index is 12.6. The first-order valence-electron chi connectivity index (χ1n) is 13.0. The van der Waals surface area contributed by atoms with Gasteiger partial charge in [-0.25, -0.2) is 9.97 Å². The van der Waals surface area contributed by atoms with Crippen LogP contribution in [0.25, 0.3) is 5.57 Å². The van der Waals surface area contributed by atoms with Crippen LogP contribution in [0.2, 0.25) is 0 Å². The van der Waals surface area contributed by atoms with Gasteiger partial charge in [0.05, 0.1) is 0 Å². The average molecular weight is 499 g/mol. The Morgan fingerprint density at radius 2 is 1.59 bits per heavy atom. The summed E-state index contributed by atoms with van der Waals surface area (Å²) < 4.78 is 0. The molecule has 0 radical (unpaired) electrons. The number of rotatable bonds is 8. The van der Waals surface area contributed by atoms with Crippen LogP contribution >= 0.6 is 0 Å². The molecule has 1 amide bonds. The van der Waals surface area contributed by atoms with Gasteiger partial charge in [-0.3, -0.25) is 4.79 Å². The lowest BCUT2D eigenvalue weighted by Gasteiger charge is -2.12. The lowest BCUT2D eigenvalue weighted by atomic mass is 10.1. The molecule has 0 spiro atoms. The molecule has 1 heterocycles. The predicted octanol–water partition coefficient (Wildman–Crippen LogP) is 8.93. The highest BCUT2D eigenvalue weighted by atomic mass is 16.1. The molecule has 0 saturated carbocycles. The van der Waals surface area contributed by atoms with Crippen molar-refractivity contribution in [2.24, 2.45) is 0 Å². The number of aromatic nitrogens is 2. The van der Waals surface area contributed by atoms with Crippen LogP contribution in [0, 0.1) is 6.92 Å². The van der Waals surface area contributed by atoms with Gasteiger partial charge in [0.25, 0.3) is 5.91 Å². The number of nitrogens with one attached hydrogen (secondary N) is 2. The minimum absolute atomic E-state index is 0.145. The molecule has 37 heavy (non-hydrogen) atoms. The van der Waals surface area contributed by atoms with E-state index in [0.717, 1.165) is 28.8 Å². The standard InChI is InChI=1S/C27H28N4O.C3H8.C2H6/c1-5-8-9-21(7-3)23-17-28-27(29-18-23)31-25-16-24(15-10-19(25)4)30-26(32)22-13-11-20(6-2)12-14-22;1-3-2;1-2/h5,7-18H,3,6H2,1-2,4H3,(H,30,32)(H,28,29,31);3H2,1-2H3;1-2H3/b8-5-,21-9+;;. The second kappa shape index (κ2) is 17.4. The number of hydrogen-bond acceptors (Lipinski definition) is 4. The van der Waals surface area contributed by atoms with Crippen molar-refractivity contribution in [2.75, 3.05) is 10.6 Å². The molecule has 3 aromatic rings. The van der Waals surface area contributed by atoms with Gasteiger partial charge in [-0.05, 0) is 61.2 Å². The average Bonchev–Trinajstić information content (AvgIpc) is 2.93. The third-order valence-corrected chi connectivity index (χ3v) is 5.04. The summed E-state index contributed by atoms with van der Waals surface area (Å²) in [6, 6.07) is 13.4. The molecular formula is C32H42N4O. The largest absolute Gasteiger partial charge is 0.324 e. The smallest absolute Gasteiger partial charge is 0.255 e. The molecule has 2 N–H and O–H groups in total. The van der Waals surface area contributed by atoms with Crippen molar-refractivity contribution in [3.8, 4) is 0 Å². The van der Waals surface area contributed by atoms with E-state index in [4.69, 9.17) is 0 Å². The molecule has 0 fully saturated rings. The summed E-state index contributed by atoms with van der Waals surface area (Å²) in [6.45, 7) is 18.1. The van der Waals surface area contributed by atoms with Crippen molar-refractivity contribution < 1.29 is 4.79 Å². The van der Waals surface area contributed by atoms with Crippen LogP contribution < -0.4 is 10.6 Å². The van der Waals surface area contributed by atoms with Crippen molar-refractivity contribution in [2.45, 2.75) is 61.3 Å². The molecular weight excluding hydrogens is 456 g/mol. The first-order valence-corrected chi connectivity index (χ1v) is 13.0. The van der Waals surface area contributed by atoms with E-state index < -0.39 is 0 Å². The number of hydrogen-bond donors (Lipinski definition) is 2. The van der Waals surface area contributed by atoms with Crippen molar-refractivity contribution in [1.29, 1.82) is 0 Å². The van der Waals surface area contributed by atoms with Gasteiger partial charge < -0.3 is 10.6 Å². The van der Waals surface area contributed by atoms with Crippen molar-refractivity contribution in [1.82, 2.24) is 9.97 Å². The fourth-order valence-corrected chi connectivity index (χ4v) is 3.07. The van der Waals surface area contributed by atoms with Crippen LogP contribution in [0.3, 0.4) is 0 Å².